The van der Waals surface area contributed by atoms with E-state index in [2.05, 4.69) is 25.1 Å². The molecule has 1 aromatic heterocycles. The van der Waals surface area contributed by atoms with Crippen molar-refractivity contribution in [3.05, 3.63) is 36.2 Å². The van der Waals surface area contributed by atoms with Crippen LogP contribution >= 0.6 is 0 Å². The minimum absolute atomic E-state index is 0.119. The Kier molecular flexibility index (Phi) is 7.28. The molecule has 1 aromatic carbocycles. The highest BCUT2D eigenvalue weighted by Crippen LogP contribution is 2.25. The molecule has 35 heavy (non-hydrogen) atoms. The molecule has 2 aliphatic rings. The average Bonchev–Trinajstić information content (AvgIpc) is 2.84. The fourth-order valence-electron chi connectivity index (χ4n) is 4.29. The number of carbonyl (C=O) groups excluding carboxylic acids is 2. The summed E-state index contributed by atoms with van der Waals surface area (Å²) in [6, 6.07) is 7.90. The lowest BCUT2D eigenvalue weighted by atomic mass is 10.1. The minimum atomic E-state index is -0.621. The van der Waals surface area contributed by atoms with E-state index in [1.54, 1.807) is 11.1 Å². The lowest BCUT2D eigenvalue weighted by molar-refractivity contribution is 0.0240. The normalized spacial score (nSPS) is 16.7. The Bertz CT molecular complexity index is 1040. The Balaban J connectivity index is 1.40. The Hall–Kier alpha value is -3.56. The summed E-state index contributed by atoms with van der Waals surface area (Å²) in [6.45, 7) is 10.1. The third kappa shape index (κ3) is 6.32. The van der Waals surface area contributed by atoms with Gasteiger partial charge in [-0.1, -0.05) is 0 Å². The molecule has 0 unspecified atom stereocenters. The van der Waals surface area contributed by atoms with Crippen LogP contribution < -0.4 is 20.9 Å². The molecule has 2 fully saturated rings. The van der Waals surface area contributed by atoms with Crippen molar-refractivity contribution >= 4 is 35.0 Å². The molecule has 2 amide bonds. The molecule has 3 heterocycles. The number of hydrogen-bond donors (Lipinski definition) is 2. The van der Waals surface area contributed by atoms with E-state index in [0.717, 1.165) is 56.2 Å². The van der Waals surface area contributed by atoms with Gasteiger partial charge in [0.2, 0.25) is 0 Å². The van der Waals surface area contributed by atoms with Crippen LogP contribution in [0.3, 0.4) is 0 Å². The van der Waals surface area contributed by atoms with Gasteiger partial charge in [0.1, 0.15) is 11.4 Å². The van der Waals surface area contributed by atoms with Gasteiger partial charge in [0.05, 0.1) is 6.20 Å². The van der Waals surface area contributed by atoms with Crippen molar-refractivity contribution in [3.8, 4) is 0 Å². The van der Waals surface area contributed by atoms with E-state index in [4.69, 9.17) is 10.5 Å². The number of primary amides is 1. The molecule has 0 spiro atoms. The molecular weight excluding hydrogens is 446 g/mol. The summed E-state index contributed by atoms with van der Waals surface area (Å²) in [5.74, 6) is 0.487. The fourth-order valence-corrected chi connectivity index (χ4v) is 4.29. The van der Waals surface area contributed by atoms with Gasteiger partial charge in [0, 0.05) is 50.6 Å². The first-order chi connectivity index (χ1) is 16.7. The zero-order valence-electron chi connectivity index (χ0n) is 20.8. The quantitative estimate of drug-likeness (QED) is 0.668. The number of benzene rings is 1. The van der Waals surface area contributed by atoms with Crippen LogP contribution in [-0.4, -0.2) is 71.7 Å². The highest BCUT2D eigenvalue weighted by atomic mass is 16.6. The molecule has 2 aliphatic heterocycles. The Morgan fingerprint density at radius 2 is 1.60 bits per heavy atom. The Morgan fingerprint density at radius 1 is 0.943 bits per heavy atom. The molecule has 0 radical (unpaired) electrons. The van der Waals surface area contributed by atoms with Crippen LogP contribution in [0.4, 0.5) is 27.8 Å². The van der Waals surface area contributed by atoms with Gasteiger partial charge in [-0.25, -0.2) is 14.8 Å². The maximum atomic E-state index is 12.3. The molecule has 2 saturated heterocycles. The molecule has 4 rings (SSSR count). The SMILES string of the molecule is CC(C)(C)OC(=O)N1CCN(c2ccc(Nc3nc(N4CCCCC4)cnc3C(N)=O)cc2)CC1. The lowest BCUT2D eigenvalue weighted by Gasteiger charge is -2.36. The van der Waals surface area contributed by atoms with Crippen molar-refractivity contribution in [1.82, 2.24) is 14.9 Å². The van der Waals surface area contributed by atoms with Crippen LogP contribution in [0.25, 0.3) is 0 Å². The zero-order chi connectivity index (χ0) is 25.0. The van der Waals surface area contributed by atoms with E-state index in [0.29, 0.717) is 18.9 Å². The predicted molar refractivity (Wildman–Crippen MR) is 136 cm³/mol. The number of amides is 2. The lowest BCUT2D eigenvalue weighted by Crippen LogP contribution is -2.50. The molecule has 3 N–H and O–H groups in total. The number of anilines is 4. The van der Waals surface area contributed by atoms with E-state index in [1.807, 2.05) is 45.0 Å². The summed E-state index contributed by atoms with van der Waals surface area (Å²) < 4.78 is 5.48. The van der Waals surface area contributed by atoms with Crippen LogP contribution in [0.2, 0.25) is 0 Å². The van der Waals surface area contributed by atoms with Gasteiger partial charge >= 0.3 is 6.09 Å². The minimum Gasteiger partial charge on any atom is -0.444 e. The number of rotatable bonds is 5. The van der Waals surface area contributed by atoms with Gasteiger partial charge in [0.25, 0.3) is 5.91 Å². The fraction of sp³-hybridized carbons (Fsp3) is 0.520. The van der Waals surface area contributed by atoms with Crippen LogP contribution in [0, 0.1) is 0 Å². The van der Waals surface area contributed by atoms with Gasteiger partial charge in [-0.05, 0) is 64.3 Å². The molecule has 0 atom stereocenters. The maximum Gasteiger partial charge on any atom is 0.410 e. The third-order valence-electron chi connectivity index (χ3n) is 6.10. The highest BCUT2D eigenvalue weighted by Gasteiger charge is 2.26. The van der Waals surface area contributed by atoms with E-state index in [9.17, 15) is 9.59 Å². The van der Waals surface area contributed by atoms with Gasteiger partial charge in [-0.15, -0.1) is 0 Å². The second-order valence-electron chi connectivity index (χ2n) is 9.96. The van der Waals surface area contributed by atoms with Crippen LogP contribution in [0.1, 0.15) is 50.5 Å². The number of aromatic nitrogens is 2. The Morgan fingerprint density at radius 3 is 2.20 bits per heavy atom. The number of hydrogen-bond acceptors (Lipinski definition) is 8. The standard InChI is InChI=1S/C25H35N7O3/c1-25(2,3)35-24(34)32-15-13-30(14-16-32)19-9-7-18(8-10-19)28-23-21(22(26)33)27-17-20(29-23)31-11-5-4-6-12-31/h7-10,17H,4-6,11-16H2,1-3H3,(H2,26,33)(H,28,29). The number of piperazine rings is 1. The number of nitrogens with two attached hydrogens (primary N) is 1. The molecule has 188 valence electrons. The van der Waals surface area contributed by atoms with E-state index < -0.39 is 11.5 Å². The van der Waals surface area contributed by atoms with Gasteiger partial charge < -0.3 is 30.5 Å². The second-order valence-corrected chi connectivity index (χ2v) is 9.96. The molecule has 0 aliphatic carbocycles. The molecule has 10 heteroatoms. The highest BCUT2D eigenvalue weighted by molar-refractivity contribution is 5.96. The predicted octanol–water partition coefficient (Wildman–Crippen LogP) is 3.37. The largest absolute Gasteiger partial charge is 0.444 e. The van der Waals surface area contributed by atoms with Crippen molar-refractivity contribution in [1.29, 1.82) is 0 Å². The van der Waals surface area contributed by atoms with Gasteiger partial charge in [-0.3, -0.25) is 4.79 Å². The molecule has 10 nitrogen and oxygen atoms in total. The summed E-state index contributed by atoms with van der Waals surface area (Å²) in [5, 5.41) is 3.22. The van der Waals surface area contributed by atoms with Gasteiger partial charge in [0.15, 0.2) is 11.5 Å². The maximum absolute atomic E-state index is 12.3. The van der Waals surface area contributed by atoms with E-state index in [-0.39, 0.29) is 11.8 Å². The van der Waals surface area contributed by atoms with Crippen molar-refractivity contribution in [2.75, 3.05) is 54.4 Å². The number of piperidine rings is 1. The smallest absolute Gasteiger partial charge is 0.410 e. The summed E-state index contributed by atoms with van der Waals surface area (Å²) >= 11 is 0. The van der Waals surface area contributed by atoms with Crippen molar-refractivity contribution in [2.45, 2.75) is 45.6 Å². The zero-order valence-corrected chi connectivity index (χ0v) is 20.8. The summed E-state index contributed by atoms with van der Waals surface area (Å²) in [5.41, 5.74) is 7.01. The Labute approximate surface area is 206 Å². The number of nitrogens with one attached hydrogen (secondary N) is 1. The average molecular weight is 482 g/mol. The van der Waals surface area contributed by atoms with E-state index in [1.165, 1.54) is 6.42 Å². The third-order valence-corrected chi connectivity index (χ3v) is 6.10. The summed E-state index contributed by atoms with van der Waals surface area (Å²) in [7, 11) is 0. The monoisotopic (exact) mass is 481 g/mol. The van der Waals surface area contributed by atoms with Crippen LogP contribution in [0.15, 0.2) is 30.5 Å². The topological polar surface area (TPSA) is 117 Å². The number of ether oxygens (including phenoxy) is 1. The number of nitrogens with zero attached hydrogens (tertiary/aromatic N) is 5. The van der Waals surface area contributed by atoms with Crippen molar-refractivity contribution < 1.29 is 14.3 Å². The first-order valence-corrected chi connectivity index (χ1v) is 12.2. The summed E-state index contributed by atoms with van der Waals surface area (Å²) in [4.78, 5) is 39.4. The van der Waals surface area contributed by atoms with Crippen LogP contribution in [0.5, 0.6) is 0 Å². The van der Waals surface area contributed by atoms with Crippen molar-refractivity contribution in [3.63, 3.8) is 0 Å². The second kappa shape index (κ2) is 10.4. The van der Waals surface area contributed by atoms with Crippen LogP contribution in [-0.2, 0) is 4.74 Å². The molecule has 0 bridgehead atoms. The number of carbonyl (C=O) groups is 2. The first kappa shape index (κ1) is 24.6. The molecular formula is C25H35N7O3. The molecule has 0 saturated carbocycles. The van der Waals surface area contributed by atoms with E-state index >= 15 is 0 Å². The van der Waals surface area contributed by atoms with Gasteiger partial charge in [-0.2, -0.15) is 0 Å². The van der Waals surface area contributed by atoms with Crippen molar-refractivity contribution in [2.24, 2.45) is 5.73 Å². The first-order valence-electron chi connectivity index (χ1n) is 12.2. The molecule has 2 aromatic rings. The summed E-state index contributed by atoms with van der Waals surface area (Å²) in [6.07, 6.45) is 4.81.